The van der Waals surface area contributed by atoms with Gasteiger partial charge in [0.1, 0.15) is 6.54 Å². The number of nitrogens with one attached hydrogen (secondary N) is 1. The molecule has 1 nitrogen and oxygen atoms in total. The first-order valence-corrected chi connectivity index (χ1v) is 7.06. The van der Waals surface area contributed by atoms with Gasteiger partial charge >= 0.3 is 6.18 Å². The molecule has 0 bridgehead atoms. The maximum absolute atomic E-state index is 12.9. The average molecular weight is 272 g/mol. The summed E-state index contributed by atoms with van der Waals surface area (Å²) in [5.41, 5.74) is -0.0323. The Morgan fingerprint density at radius 1 is 0.895 bits per heavy atom. The fourth-order valence-electron chi connectivity index (χ4n) is 2.80. The summed E-state index contributed by atoms with van der Waals surface area (Å²) in [6, 6.07) is 5.98. The molecular weight excluding hydrogens is 251 g/mol. The van der Waals surface area contributed by atoms with Crippen molar-refractivity contribution >= 4 is 0 Å². The molecule has 1 aliphatic rings. The summed E-state index contributed by atoms with van der Waals surface area (Å²) in [5.74, 6) is 0. The molecule has 0 amide bonds. The van der Waals surface area contributed by atoms with Crippen molar-refractivity contribution in [3.8, 4) is 0 Å². The monoisotopic (exact) mass is 272 g/mol. The van der Waals surface area contributed by atoms with Crippen molar-refractivity contribution in [2.45, 2.75) is 44.8 Å². The molecule has 1 N–H and O–H groups in total. The summed E-state index contributed by atoms with van der Waals surface area (Å²) < 4.78 is 38.8. The Morgan fingerprint density at radius 2 is 1.47 bits per heavy atom. The lowest BCUT2D eigenvalue weighted by molar-refractivity contribution is -0.915. The zero-order chi connectivity index (χ0) is 13.7. The summed E-state index contributed by atoms with van der Waals surface area (Å²) in [6.45, 7) is 2.48. The van der Waals surface area contributed by atoms with Gasteiger partial charge in [0, 0.05) is 5.56 Å². The molecule has 4 heteroatoms. The molecule has 0 atom stereocenters. The third-order valence-corrected chi connectivity index (χ3v) is 3.82. The minimum absolute atomic E-state index is 0.436. The lowest BCUT2D eigenvalue weighted by atomic mass is 10.0. The Kier molecular flexibility index (Phi) is 4.86. The molecule has 2 rings (SSSR count). The molecule has 1 saturated heterocycles. The summed E-state index contributed by atoms with van der Waals surface area (Å²) >= 11 is 0. The number of hydrogen-bond donors (Lipinski definition) is 1. The van der Waals surface area contributed by atoms with E-state index in [0.717, 1.165) is 25.9 Å². The van der Waals surface area contributed by atoms with Crippen molar-refractivity contribution in [1.29, 1.82) is 0 Å². The Bertz CT molecular complexity index is 393. The quantitative estimate of drug-likeness (QED) is 0.844. The maximum Gasteiger partial charge on any atom is 0.416 e. The van der Waals surface area contributed by atoms with Gasteiger partial charge in [-0.05, 0) is 31.7 Å². The molecule has 0 spiro atoms. The van der Waals surface area contributed by atoms with Crippen LogP contribution in [-0.2, 0) is 12.7 Å². The zero-order valence-electron chi connectivity index (χ0n) is 11.1. The molecule has 0 radical (unpaired) electrons. The normalized spacial score (nSPS) is 18.9. The molecule has 19 heavy (non-hydrogen) atoms. The Labute approximate surface area is 112 Å². The Balaban J connectivity index is 2.09. The Morgan fingerprint density at radius 3 is 2.11 bits per heavy atom. The highest BCUT2D eigenvalue weighted by atomic mass is 19.4. The van der Waals surface area contributed by atoms with Crippen LogP contribution < -0.4 is 4.90 Å². The molecule has 1 aromatic rings. The minimum atomic E-state index is -4.24. The van der Waals surface area contributed by atoms with E-state index in [9.17, 15) is 13.2 Å². The molecule has 0 saturated carbocycles. The van der Waals surface area contributed by atoms with Gasteiger partial charge in [0.2, 0.25) is 0 Å². The standard InChI is InChI=1S/C15H20F3N/c16-15(17,18)14-9-5-4-8-13(14)12-19-10-6-2-1-3-7-11-19/h4-5,8-9H,1-3,6-7,10-12H2/p+1. The van der Waals surface area contributed by atoms with Gasteiger partial charge in [-0.25, -0.2) is 0 Å². The first-order chi connectivity index (χ1) is 9.07. The first-order valence-electron chi connectivity index (χ1n) is 7.06. The highest BCUT2D eigenvalue weighted by Gasteiger charge is 2.33. The fraction of sp³-hybridized carbons (Fsp3) is 0.600. The molecule has 1 aromatic carbocycles. The number of likely N-dealkylation sites (tertiary alicyclic amines) is 1. The fourth-order valence-corrected chi connectivity index (χ4v) is 2.80. The van der Waals surface area contributed by atoms with E-state index >= 15 is 0 Å². The summed E-state index contributed by atoms with van der Waals surface area (Å²) in [7, 11) is 0. The van der Waals surface area contributed by atoms with Gasteiger partial charge in [0.05, 0.1) is 18.7 Å². The summed E-state index contributed by atoms with van der Waals surface area (Å²) in [4.78, 5) is 1.29. The van der Waals surface area contributed by atoms with Crippen LogP contribution in [0.3, 0.4) is 0 Å². The number of quaternary nitrogens is 1. The molecule has 0 aliphatic carbocycles. The molecule has 1 heterocycles. The van der Waals surface area contributed by atoms with Crippen LogP contribution in [0.2, 0.25) is 0 Å². The van der Waals surface area contributed by atoms with Gasteiger partial charge < -0.3 is 4.90 Å². The number of rotatable bonds is 2. The lowest BCUT2D eigenvalue weighted by Crippen LogP contribution is -3.10. The van der Waals surface area contributed by atoms with Crippen molar-refractivity contribution in [3.63, 3.8) is 0 Å². The average Bonchev–Trinajstić information content (AvgIpc) is 2.32. The third-order valence-electron chi connectivity index (χ3n) is 3.82. The predicted molar refractivity (Wildman–Crippen MR) is 68.9 cm³/mol. The van der Waals surface area contributed by atoms with Gasteiger partial charge in [0.25, 0.3) is 0 Å². The molecule has 0 aromatic heterocycles. The van der Waals surface area contributed by atoms with Crippen molar-refractivity contribution in [2.75, 3.05) is 13.1 Å². The van der Waals surface area contributed by atoms with Gasteiger partial charge in [0.15, 0.2) is 0 Å². The van der Waals surface area contributed by atoms with E-state index in [2.05, 4.69) is 0 Å². The van der Waals surface area contributed by atoms with Crippen LogP contribution >= 0.6 is 0 Å². The van der Waals surface area contributed by atoms with E-state index in [1.807, 2.05) is 0 Å². The zero-order valence-corrected chi connectivity index (χ0v) is 11.1. The van der Waals surface area contributed by atoms with Crippen LogP contribution in [0.15, 0.2) is 24.3 Å². The predicted octanol–water partition coefficient (Wildman–Crippen LogP) is 3.05. The SMILES string of the molecule is FC(F)(F)c1ccccc1C[NH+]1CCCCCCC1. The lowest BCUT2D eigenvalue weighted by Gasteiger charge is -2.23. The molecule has 1 fully saturated rings. The Hall–Kier alpha value is -1.03. The van der Waals surface area contributed by atoms with Gasteiger partial charge in [-0.3, -0.25) is 0 Å². The van der Waals surface area contributed by atoms with Crippen molar-refractivity contribution in [3.05, 3.63) is 35.4 Å². The third kappa shape index (κ3) is 4.23. The van der Waals surface area contributed by atoms with E-state index < -0.39 is 11.7 Å². The minimum Gasteiger partial charge on any atom is -0.331 e. The molecule has 106 valence electrons. The highest BCUT2D eigenvalue weighted by molar-refractivity contribution is 5.28. The number of hydrogen-bond acceptors (Lipinski definition) is 0. The first kappa shape index (κ1) is 14.4. The van der Waals surface area contributed by atoms with Gasteiger partial charge in [-0.2, -0.15) is 13.2 Å². The number of benzene rings is 1. The van der Waals surface area contributed by atoms with E-state index in [4.69, 9.17) is 0 Å². The van der Waals surface area contributed by atoms with Crippen molar-refractivity contribution < 1.29 is 18.1 Å². The van der Waals surface area contributed by atoms with Crippen LogP contribution in [0, 0.1) is 0 Å². The smallest absolute Gasteiger partial charge is 0.331 e. The van der Waals surface area contributed by atoms with Crippen LogP contribution in [0.4, 0.5) is 13.2 Å². The molecule has 0 unspecified atom stereocenters. The molecule has 1 aliphatic heterocycles. The van der Waals surface area contributed by atoms with Gasteiger partial charge in [-0.1, -0.05) is 24.6 Å². The second-order valence-corrected chi connectivity index (χ2v) is 5.35. The van der Waals surface area contributed by atoms with Crippen LogP contribution in [0.1, 0.15) is 43.2 Å². The van der Waals surface area contributed by atoms with Gasteiger partial charge in [-0.15, -0.1) is 0 Å². The van der Waals surface area contributed by atoms with E-state index in [1.165, 1.54) is 36.3 Å². The van der Waals surface area contributed by atoms with Crippen LogP contribution in [0.25, 0.3) is 0 Å². The summed E-state index contributed by atoms with van der Waals surface area (Å²) in [6.07, 6.45) is 1.72. The second kappa shape index (κ2) is 6.42. The van der Waals surface area contributed by atoms with E-state index in [0.29, 0.717) is 12.1 Å². The largest absolute Gasteiger partial charge is 0.416 e. The van der Waals surface area contributed by atoms with Crippen LogP contribution in [-0.4, -0.2) is 13.1 Å². The highest BCUT2D eigenvalue weighted by Crippen LogP contribution is 2.31. The maximum atomic E-state index is 12.9. The van der Waals surface area contributed by atoms with Crippen LogP contribution in [0.5, 0.6) is 0 Å². The topological polar surface area (TPSA) is 4.44 Å². The summed E-state index contributed by atoms with van der Waals surface area (Å²) in [5, 5.41) is 0. The van der Waals surface area contributed by atoms with E-state index in [-0.39, 0.29) is 0 Å². The van der Waals surface area contributed by atoms with Crippen molar-refractivity contribution in [1.82, 2.24) is 0 Å². The van der Waals surface area contributed by atoms with Crippen molar-refractivity contribution in [2.24, 2.45) is 0 Å². The number of halogens is 3. The van der Waals surface area contributed by atoms with E-state index in [1.54, 1.807) is 12.1 Å². The number of alkyl halides is 3. The molecular formula is C15H21F3N+. The second-order valence-electron chi connectivity index (χ2n) is 5.35.